The summed E-state index contributed by atoms with van der Waals surface area (Å²) < 4.78 is 38.3. The second-order valence-electron chi connectivity index (χ2n) is 14.9. The average Bonchev–Trinajstić information content (AvgIpc) is 3.03. The van der Waals surface area contributed by atoms with Gasteiger partial charge in [-0.3, -0.25) is 14.1 Å². The zero-order valence-corrected chi connectivity index (χ0v) is 33.5. The smallest absolute Gasteiger partial charge is 0.299 e. The van der Waals surface area contributed by atoms with E-state index in [0.29, 0.717) is 12.8 Å². The lowest BCUT2D eigenvalue weighted by Gasteiger charge is -2.37. The third kappa shape index (κ3) is 27.1. The summed E-state index contributed by atoms with van der Waals surface area (Å²) >= 11 is 0. The number of carbonyl (C=O) groups is 2. The van der Waals surface area contributed by atoms with Crippen LogP contribution in [0.3, 0.4) is 0 Å². The molecule has 0 aromatic rings. The van der Waals surface area contributed by atoms with Crippen molar-refractivity contribution in [2.75, 3.05) is 0 Å². The number of rotatable bonds is 36. The number of Topliss-reactive ketones (excluding diaryl/α,β-unsaturated/α-hetero) is 2. The predicted molar refractivity (Wildman–Crippen MR) is 208 cm³/mol. The van der Waals surface area contributed by atoms with Crippen LogP contribution in [0.25, 0.3) is 0 Å². The molecular weight excluding hydrogens is 633 g/mol. The first kappa shape index (κ1) is 47.7. The molecule has 0 rings (SSSR count). The van der Waals surface area contributed by atoms with Gasteiger partial charge in [-0.15, -0.1) is 0 Å². The van der Waals surface area contributed by atoms with E-state index in [-0.39, 0.29) is 24.4 Å². The summed E-state index contributed by atoms with van der Waals surface area (Å²) in [6.07, 6.45) is 39.6. The zero-order valence-electron chi connectivity index (χ0n) is 32.7. The first-order chi connectivity index (χ1) is 23.5. The fraction of sp³-hybridized carbons (Fsp3) is 0.857. The van der Waals surface area contributed by atoms with Crippen molar-refractivity contribution in [1.82, 2.24) is 0 Å². The summed E-state index contributed by atoms with van der Waals surface area (Å²) in [7, 11) is -4.86. The lowest BCUT2D eigenvalue weighted by molar-refractivity contribution is -0.144. The summed E-state index contributed by atoms with van der Waals surface area (Å²) in [5.41, 5.74) is -1.63. The molecular formula is C42H78O6S. The molecule has 0 bridgehead atoms. The molecule has 0 heterocycles. The number of carbonyl (C=O) groups excluding carboxylic acids is 2. The number of ketones is 2. The van der Waals surface area contributed by atoms with Crippen LogP contribution in [0.1, 0.15) is 214 Å². The maximum atomic E-state index is 13.5. The summed E-state index contributed by atoms with van der Waals surface area (Å²) in [5, 5.41) is 0. The summed E-state index contributed by atoms with van der Waals surface area (Å²) in [4.78, 5) is 27.0. The van der Waals surface area contributed by atoms with Gasteiger partial charge in [0, 0.05) is 12.8 Å². The molecule has 0 aromatic heterocycles. The first-order valence-corrected chi connectivity index (χ1v) is 21.9. The number of unbranched alkanes of at least 4 members (excludes halogenated alkanes) is 22. The Morgan fingerprint density at radius 2 is 0.837 bits per heavy atom. The summed E-state index contributed by atoms with van der Waals surface area (Å²) in [6.45, 7) is 9.42. The standard InChI is InChI=1S/C42H78O6S/c1-6-8-10-12-14-16-18-20-22-24-26-28-30-32-34-36-39(43)41(42(5,38(3)4)48-49(45,46)47)40(44)37-35-33-31-29-27-25-23-21-19-17-15-13-11-9-7-2/h20-23,38,41H,6-19,24-37H2,1-5H3,(H,45,46,47)/b22-20-,23-21-. The van der Waals surface area contributed by atoms with Gasteiger partial charge in [0.15, 0.2) is 0 Å². The SMILES string of the molecule is CCCCCCCC/C=C\CCCCCCCC(=O)C(C(=O)CCCCCCC/C=C\CCCCCCCC)C(C)(OS(=O)(=O)O)C(C)C. The van der Waals surface area contributed by atoms with Crippen molar-refractivity contribution in [3.05, 3.63) is 24.3 Å². The van der Waals surface area contributed by atoms with E-state index < -0.39 is 27.8 Å². The van der Waals surface area contributed by atoms with Gasteiger partial charge in [0.05, 0.1) is 0 Å². The van der Waals surface area contributed by atoms with Gasteiger partial charge >= 0.3 is 10.4 Å². The molecule has 0 aromatic carbocycles. The molecule has 1 atom stereocenters. The molecule has 0 amide bonds. The fourth-order valence-electron chi connectivity index (χ4n) is 6.55. The molecule has 0 aliphatic carbocycles. The van der Waals surface area contributed by atoms with Crippen molar-refractivity contribution in [3.63, 3.8) is 0 Å². The summed E-state index contributed by atoms with van der Waals surface area (Å²) in [5.74, 6) is -2.26. The van der Waals surface area contributed by atoms with Crippen molar-refractivity contribution in [1.29, 1.82) is 0 Å². The molecule has 0 radical (unpaired) electrons. The third-order valence-corrected chi connectivity index (χ3v) is 10.6. The van der Waals surface area contributed by atoms with Crippen LogP contribution in [0.2, 0.25) is 0 Å². The monoisotopic (exact) mass is 711 g/mol. The van der Waals surface area contributed by atoms with Gasteiger partial charge in [0.2, 0.25) is 0 Å². The van der Waals surface area contributed by atoms with Gasteiger partial charge in [-0.2, -0.15) is 8.42 Å². The molecule has 1 N–H and O–H groups in total. The minimum Gasteiger partial charge on any atom is -0.299 e. The van der Waals surface area contributed by atoms with E-state index in [2.05, 4.69) is 38.2 Å². The molecule has 1 unspecified atom stereocenters. The Labute approximate surface area is 304 Å². The van der Waals surface area contributed by atoms with Crippen molar-refractivity contribution in [3.8, 4) is 0 Å². The first-order valence-electron chi connectivity index (χ1n) is 20.5. The maximum Gasteiger partial charge on any atom is 0.397 e. The van der Waals surface area contributed by atoms with E-state index in [9.17, 15) is 22.6 Å². The van der Waals surface area contributed by atoms with Crippen molar-refractivity contribution in [2.45, 2.75) is 220 Å². The summed E-state index contributed by atoms with van der Waals surface area (Å²) in [6, 6.07) is 0. The predicted octanol–water partition coefficient (Wildman–Crippen LogP) is 13.0. The molecule has 0 fully saturated rings. The second-order valence-corrected chi connectivity index (χ2v) is 15.9. The van der Waals surface area contributed by atoms with Gasteiger partial charge in [0.1, 0.15) is 23.1 Å². The van der Waals surface area contributed by atoms with Gasteiger partial charge in [-0.05, 0) is 77.0 Å². The number of hydrogen-bond acceptors (Lipinski definition) is 5. The minimum absolute atomic E-state index is 0.206. The highest BCUT2D eigenvalue weighted by Gasteiger charge is 2.48. The van der Waals surface area contributed by atoms with Crippen LogP contribution in [-0.2, 0) is 24.2 Å². The Morgan fingerprint density at radius 1 is 0.551 bits per heavy atom. The van der Waals surface area contributed by atoms with Crippen LogP contribution in [0, 0.1) is 11.8 Å². The average molecular weight is 711 g/mol. The lowest BCUT2D eigenvalue weighted by Crippen LogP contribution is -2.51. The molecule has 0 aliphatic heterocycles. The van der Waals surface area contributed by atoms with Gasteiger partial charge in [-0.25, -0.2) is 4.18 Å². The van der Waals surface area contributed by atoms with E-state index in [1.165, 1.54) is 96.8 Å². The molecule has 0 saturated heterocycles. The highest BCUT2D eigenvalue weighted by Crippen LogP contribution is 2.35. The second kappa shape index (κ2) is 31.4. The highest BCUT2D eigenvalue weighted by atomic mass is 32.3. The number of hydrogen-bond donors (Lipinski definition) is 1. The van der Waals surface area contributed by atoms with E-state index in [4.69, 9.17) is 4.18 Å². The molecule has 288 valence electrons. The van der Waals surface area contributed by atoms with Crippen LogP contribution < -0.4 is 0 Å². The van der Waals surface area contributed by atoms with Gasteiger partial charge < -0.3 is 0 Å². The van der Waals surface area contributed by atoms with Crippen LogP contribution >= 0.6 is 0 Å². The van der Waals surface area contributed by atoms with Crippen LogP contribution in [0.15, 0.2) is 24.3 Å². The third-order valence-electron chi connectivity index (χ3n) is 10.0. The Bertz CT molecular complexity index is 918. The molecule has 7 heteroatoms. The van der Waals surface area contributed by atoms with Crippen LogP contribution in [0.4, 0.5) is 0 Å². The van der Waals surface area contributed by atoms with Crippen molar-refractivity contribution in [2.24, 2.45) is 11.8 Å². The van der Waals surface area contributed by atoms with Crippen LogP contribution in [0.5, 0.6) is 0 Å². The molecule has 0 spiro atoms. The highest BCUT2D eigenvalue weighted by molar-refractivity contribution is 7.80. The lowest BCUT2D eigenvalue weighted by atomic mass is 9.73. The molecule has 0 aliphatic rings. The fourth-order valence-corrected chi connectivity index (χ4v) is 7.29. The Balaban J connectivity index is 4.58. The molecule has 0 saturated carbocycles. The largest absolute Gasteiger partial charge is 0.397 e. The normalized spacial score (nSPS) is 13.7. The van der Waals surface area contributed by atoms with E-state index >= 15 is 0 Å². The Morgan fingerprint density at radius 3 is 1.12 bits per heavy atom. The Hall–Kier alpha value is -1.31. The van der Waals surface area contributed by atoms with Gasteiger partial charge in [-0.1, -0.05) is 155 Å². The van der Waals surface area contributed by atoms with Crippen molar-refractivity contribution >= 4 is 22.0 Å². The topological polar surface area (TPSA) is 97.7 Å². The van der Waals surface area contributed by atoms with E-state index in [1.54, 1.807) is 13.8 Å². The number of allylic oxidation sites excluding steroid dienone is 4. The van der Waals surface area contributed by atoms with Gasteiger partial charge in [0.25, 0.3) is 0 Å². The minimum atomic E-state index is -4.86. The maximum absolute atomic E-state index is 13.5. The zero-order chi connectivity index (χ0) is 36.6. The van der Waals surface area contributed by atoms with Crippen LogP contribution in [-0.4, -0.2) is 30.1 Å². The molecule has 6 nitrogen and oxygen atoms in total. The molecule has 49 heavy (non-hydrogen) atoms. The Kier molecular flexibility index (Phi) is 30.6. The van der Waals surface area contributed by atoms with E-state index in [1.807, 2.05) is 0 Å². The van der Waals surface area contributed by atoms with E-state index in [0.717, 1.165) is 64.2 Å². The van der Waals surface area contributed by atoms with Crippen molar-refractivity contribution < 1.29 is 26.7 Å². The quantitative estimate of drug-likeness (QED) is 0.0301.